The van der Waals surface area contributed by atoms with E-state index in [1.807, 2.05) is 0 Å². The maximum Gasteiger partial charge on any atom is 0.268 e. The van der Waals surface area contributed by atoms with E-state index in [4.69, 9.17) is 18.9 Å². The highest BCUT2D eigenvalue weighted by molar-refractivity contribution is 6.69. The first kappa shape index (κ1) is 17.8. The standard InChI is InChI=1S/C10H16N4O8/c1-19-9(20-2)5(11-15)7(13-17)10(21-3,22-4)8(14-18)6(9)12-16/h15-18H,1-4H3. The predicted molar refractivity (Wildman–Crippen MR) is 70.4 cm³/mol. The third-order valence-electron chi connectivity index (χ3n) is 3.25. The fourth-order valence-electron chi connectivity index (χ4n) is 2.24. The van der Waals surface area contributed by atoms with Gasteiger partial charge in [0.1, 0.15) is 0 Å². The zero-order valence-electron chi connectivity index (χ0n) is 12.2. The Bertz CT molecular complexity index is 445. The summed E-state index contributed by atoms with van der Waals surface area (Å²) >= 11 is 0. The summed E-state index contributed by atoms with van der Waals surface area (Å²) in [6.45, 7) is 0. The van der Waals surface area contributed by atoms with E-state index in [0.29, 0.717) is 0 Å². The highest BCUT2D eigenvalue weighted by Crippen LogP contribution is 2.33. The number of rotatable bonds is 4. The number of methoxy groups -OCH3 is 4. The minimum Gasteiger partial charge on any atom is -0.410 e. The molecule has 0 aromatic heterocycles. The molecule has 22 heavy (non-hydrogen) atoms. The molecule has 1 aliphatic rings. The smallest absolute Gasteiger partial charge is 0.268 e. The van der Waals surface area contributed by atoms with Crippen LogP contribution in [0.1, 0.15) is 0 Å². The average molecular weight is 320 g/mol. The minimum absolute atomic E-state index is 0.552. The molecule has 124 valence electrons. The monoisotopic (exact) mass is 320 g/mol. The summed E-state index contributed by atoms with van der Waals surface area (Å²) in [6.07, 6.45) is 0. The number of oxime groups is 4. The van der Waals surface area contributed by atoms with E-state index >= 15 is 0 Å². The molecule has 0 bridgehead atoms. The van der Waals surface area contributed by atoms with Crippen LogP contribution in [0.2, 0.25) is 0 Å². The van der Waals surface area contributed by atoms with Crippen molar-refractivity contribution in [1.29, 1.82) is 0 Å². The molecule has 0 aliphatic heterocycles. The summed E-state index contributed by atoms with van der Waals surface area (Å²) < 4.78 is 20.3. The van der Waals surface area contributed by atoms with Crippen molar-refractivity contribution >= 4 is 22.8 Å². The van der Waals surface area contributed by atoms with Crippen LogP contribution in [0.25, 0.3) is 0 Å². The molecule has 0 aromatic carbocycles. The summed E-state index contributed by atoms with van der Waals surface area (Å²) in [6, 6.07) is 0. The van der Waals surface area contributed by atoms with Crippen molar-refractivity contribution in [1.82, 2.24) is 0 Å². The van der Waals surface area contributed by atoms with Gasteiger partial charge in [-0.1, -0.05) is 20.6 Å². The molecule has 0 atom stereocenters. The second kappa shape index (κ2) is 6.65. The molecule has 1 aliphatic carbocycles. The van der Waals surface area contributed by atoms with E-state index in [9.17, 15) is 20.8 Å². The summed E-state index contributed by atoms with van der Waals surface area (Å²) in [7, 11) is 4.49. The Hall–Kier alpha value is -2.28. The van der Waals surface area contributed by atoms with Gasteiger partial charge in [0.15, 0.2) is 22.8 Å². The molecule has 0 heterocycles. The van der Waals surface area contributed by atoms with Crippen molar-refractivity contribution in [3.8, 4) is 0 Å². The SMILES string of the molecule is COC1(OC)C(=NO)C(=NO)C(OC)(OC)C(=NO)C1=NO. The maximum atomic E-state index is 9.27. The van der Waals surface area contributed by atoms with Gasteiger partial charge in [-0.3, -0.25) is 0 Å². The maximum absolute atomic E-state index is 9.27. The zero-order valence-corrected chi connectivity index (χ0v) is 12.2. The summed E-state index contributed by atoms with van der Waals surface area (Å²) in [5.41, 5.74) is -2.21. The molecule has 0 spiro atoms. The quantitative estimate of drug-likeness (QED) is 0.299. The lowest BCUT2D eigenvalue weighted by atomic mass is 9.81. The van der Waals surface area contributed by atoms with Gasteiger partial charge in [0.05, 0.1) is 0 Å². The van der Waals surface area contributed by atoms with Crippen molar-refractivity contribution in [2.45, 2.75) is 11.6 Å². The molecule has 4 N–H and O–H groups in total. The van der Waals surface area contributed by atoms with Gasteiger partial charge in [-0.05, 0) is 0 Å². The van der Waals surface area contributed by atoms with Crippen LogP contribution in [0.5, 0.6) is 0 Å². The third-order valence-corrected chi connectivity index (χ3v) is 3.25. The lowest BCUT2D eigenvalue weighted by Gasteiger charge is -2.42. The van der Waals surface area contributed by atoms with Gasteiger partial charge in [0.2, 0.25) is 0 Å². The Morgan fingerprint density at radius 3 is 0.818 bits per heavy atom. The van der Waals surface area contributed by atoms with E-state index in [2.05, 4.69) is 20.6 Å². The average Bonchev–Trinajstić information content (AvgIpc) is 2.58. The zero-order chi connectivity index (χ0) is 17.0. The fraction of sp³-hybridized carbons (Fsp3) is 0.600. The van der Waals surface area contributed by atoms with Crippen LogP contribution in [0.4, 0.5) is 0 Å². The van der Waals surface area contributed by atoms with Crippen LogP contribution in [-0.2, 0) is 18.9 Å². The Kier molecular flexibility index (Phi) is 5.38. The molecule has 0 unspecified atom stereocenters. The van der Waals surface area contributed by atoms with Gasteiger partial charge >= 0.3 is 0 Å². The molecule has 12 heteroatoms. The van der Waals surface area contributed by atoms with Gasteiger partial charge in [-0.25, -0.2) is 0 Å². The number of nitrogens with zero attached hydrogens (tertiary/aromatic N) is 4. The van der Waals surface area contributed by atoms with Crippen LogP contribution in [-0.4, -0.2) is 83.7 Å². The number of ether oxygens (including phenoxy) is 4. The van der Waals surface area contributed by atoms with Crippen LogP contribution in [0, 0.1) is 0 Å². The van der Waals surface area contributed by atoms with E-state index in [0.717, 1.165) is 28.4 Å². The van der Waals surface area contributed by atoms with E-state index in [1.54, 1.807) is 0 Å². The van der Waals surface area contributed by atoms with Crippen molar-refractivity contribution in [3.63, 3.8) is 0 Å². The predicted octanol–water partition coefficient (Wildman–Crippen LogP) is -0.701. The first-order valence-corrected chi connectivity index (χ1v) is 5.64. The summed E-state index contributed by atoms with van der Waals surface area (Å²) in [5.74, 6) is -4.29. The Balaban J connectivity index is 3.89. The molecule has 1 fully saturated rings. The van der Waals surface area contributed by atoms with Crippen molar-refractivity contribution in [2.75, 3.05) is 28.4 Å². The Labute approximate surface area is 124 Å². The molecule has 0 aromatic rings. The molecule has 1 saturated carbocycles. The second-order valence-corrected chi connectivity index (χ2v) is 3.84. The van der Waals surface area contributed by atoms with Crippen molar-refractivity contribution in [3.05, 3.63) is 0 Å². The van der Waals surface area contributed by atoms with Gasteiger partial charge in [0.25, 0.3) is 11.6 Å². The second-order valence-electron chi connectivity index (χ2n) is 3.84. The van der Waals surface area contributed by atoms with E-state index in [-0.39, 0.29) is 0 Å². The Morgan fingerprint density at radius 2 is 0.727 bits per heavy atom. The van der Waals surface area contributed by atoms with E-state index in [1.165, 1.54) is 0 Å². The van der Waals surface area contributed by atoms with Crippen LogP contribution < -0.4 is 0 Å². The normalized spacial score (nSPS) is 27.8. The first-order valence-electron chi connectivity index (χ1n) is 5.64. The lowest BCUT2D eigenvalue weighted by molar-refractivity contribution is -0.122. The highest BCUT2D eigenvalue weighted by Gasteiger charge is 2.65. The summed E-state index contributed by atoms with van der Waals surface area (Å²) in [4.78, 5) is 0. The molecule has 0 radical (unpaired) electrons. The highest BCUT2D eigenvalue weighted by atomic mass is 16.7. The topological polar surface area (TPSA) is 167 Å². The van der Waals surface area contributed by atoms with Crippen molar-refractivity contribution < 1.29 is 39.8 Å². The third kappa shape index (κ3) is 2.00. The molecule has 12 nitrogen and oxygen atoms in total. The molecule has 1 rings (SSSR count). The minimum atomic E-state index is -2.15. The van der Waals surface area contributed by atoms with Crippen LogP contribution in [0.15, 0.2) is 20.6 Å². The number of hydrogen-bond donors (Lipinski definition) is 4. The van der Waals surface area contributed by atoms with Gasteiger partial charge in [-0.2, -0.15) is 0 Å². The van der Waals surface area contributed by atoms with Crippen LogP contribution >= 0.6 is 0 Å². The molecular formula is C10H16N4O8. The van der Waals surface area contributed by atoms with Gasteiger partial charge < -0.3 is 39.8 Å². The Morgan fingerprint density at radius 1 is 0.545 bits per heavy atom. The van der Waals surface area contributed by atoms with Crippen LogP contribution in [0.3, 0.4) is 0 Å². The van der Waals surface area contributed by atoms with Crippen molar-refractivity contribution in [2.24, 2.45) is 20.6 Å². The largest absolute Gasteiger partial charge is 0.410 e. The molecule has 0 amide bonds. The fourth-order valence-corrected chi connectivity index (χ4v) is 2.24. The number of hydrogen-bond acceptors (Lipinski definition) is 12. The molecular weight excluding hydrogens is 304 g/mol. The van der Waals surface area contributed by atoms with Gasteiger partial charge in [-0.15, -0.1) is 0 Å². The van der Waals surface area contributed by atoms with Gasteiger partial charge in [0, 0.05) is 28.4 Å². The lowest BCUT2D eigenvalue weighted by Crippen LogP contribution is -2.71. The van der Waals surface area contributed by atoms with E-state index < -0.39 is 34.4 Å². The first-order chi connectivity index (χ1) is 10.5. The summed E-state index contributed by atoms with van der Waals surface area (Å²) in [5, 5.41) is 48.8. The molecule has 0 saturated heterocycles.